The highest BCUT2D eigenvalue weighted by molar-refractivity contribution is 9.10. The van der Waals surface area contributed by atoms with Gasteiger partial charge in [-0.15, -0.1) is 0 Å². The summed E-state index contributed by atoms with van der Waals surface area (Å²) in [5, 5.41) is 0. The molecule has 0 saturated heterocycles. The number of halogens is 2. The first kappa shape index (κ1) is 17.6. The van der Waals surface area contributed by atoms with E-state index in [2.05, 4.69) is 15.9 Å². The molecule has 0 atom stereocenters. The van der Waals surface area contributed by atoms with Gasteiger partial charge in [0.2, 0.25) is 0 Å². The van der Waals surface area contributed by atoms with Gasteiger partial charge >= 0.3 is 11.9 Å². The zero-order chi connectivity index (χ0) is 16.0. The van der Waals surface area contributed by atoms with E-state index in [4.69, 9.17) is 9.47 Å². The third kappa shape index (κ3) is 4.27. The molecule has 0 amide bonds. The molecule has 1 aromatic carbocycles. The van der Waals surface area contributed by atoms with Crippen molar-refractivity contribution in [2.75, 3.05) is 13.2 Å². The minimum Gasteiger partial charge on any atom is -0.465 e. The van der Waals surface area contributed by atoms with Gasteiger partial charge in [0.25, 0.3) is 0 Å². The molecular formula is C15H18BrFO4. The van der Waals surface area contributed by atoms with Crippen molar-refractivity contribution in [1.29, 1.82) is 0 Å². The maximum absolute atomic E-state index is 13.3. The number of carbonyl (C=O) groups excluding carboxylic acids is 2. The molecule has 0 aromatic heterocycles. The van der Waals surface area contributed by atoms with Crippen molar-refractivity contribution < 1.29 is 23.5 Å². The van der Waals surface area contributed by atoms with Crippen molar-refractivity contribution in [3.05, 3.63) is 34.1 Å². The number of rotatable bonds is 6. The Labute approximate surface area is 131 Å². The number of benzene rings is 1. The normalized spacial score (nSPS) is 11.1. The molecule has 21 heavy (non-hydrogen) atoms. The summed E-state index contributed by atoms with van der Waals surface area (Å²) in [5.41, 5.74) is -0.824. The zero-order valence-electron chi connectivity index (χ0n) is 12.2. The molecule has 0 aliphatic heterocycles. The summed E-state index contributed by atoms with van der Waals surface area (Å²) in [6, 6.07) is 4.33. The van der Waals surface area contributed by atoms with E-state index in [0.29, 0.717) is 5.56 Å². The highest BCUT2D eigenvalue weighted by Gasteiger charge is 2.44. The van der Waals surface area contributed by atoms with Crippen LogP contribution in [0.5, 0.6) is 0 Å². The van der Waals surface area contributed by atoms with Crippen LogP contribution in [0.25, 0.3) is 0 Å². The summed E-state index contributed by atoms with van der Waals surface area (Å²) in [4.78, 5) is 24.3. The quantitative estimate of drug-likeness (QED) is 0.577. The third-order valence-corrected chi connectivity index (χ3v) is 3.60. The summed E-state index contributed by atoms with van der Waals surface area (Å²) in [5.74, 6) is -1.71. The molecule has 0 unspecified atom stereocenters. The van der Waals surface area contributed by atoms with Crippen LogP contribution in [-0.2, 0) is 25.5 Å². The van der Waals surface area contributed by atoms with Crippen molar-refractivity contribution in [1.82, 2.24) is 0 Å². The Morgan fingerprint density at radius 3 is 2.14 bits per heavy atom. The van der Waals surface area contributed by atoms with Crippen LogP contribution in [0.1, 0.15) is 26.3 Å². The fraction of sp³-hybridized carbons (Fsp3) is 0.467. The van der Waals surface area contributed by atoms with E-state index in [1.807, 2.05) is 0 Å². The molecule has 0 aliphatic carbocycles. The highest BCUT2D eigenvalue weighted by Crippen LogP contribution is 2.28. The van der Waals surface area contributed by atoms with E-state index < -0.39 is 23.2 Å². The van der Waals surface area contributed by atoms with E-state index in [1.165, 1.54) is 25.1 Å². The first-order valence-electron chi connectivity index (χ1n) is 6.63. The lowest BCUT2D eigenvalue weighted by molar-refractivity contribution is -0.170. The van der Waals surface area contributed by atoms with E-state index in [-0.39, 0.29) is 24.1 Å². The lowest BCUT2D eigenvalue weighted by Crippen LogP contribution is -2.41. The van der Waals surface area contributed by atoms with Crippen LogP contribution in [0.3, 0.4) is 0 Å². The van der Waals surface area contributed by atoms with Gasteiger partial charge in [0.15, 0.2) is 5.41 Å². The molecule has 0 bridgehead atoms. The Balaban J connectivity index is 3.09. The molecule has 1 rings (SSSR count). The van der Waals surface area contributed by atoms with Gasteiger partial charge in [0.05, 0.1) is 17.7 Å². The maximum Gasteiger partial charge on any atom is 0.323 e. The zero-order valence-corrected chi connectivity index (χ0v) is 13.8. The SMILES string of the molecule is CCOC(=O)C(C)(Cc1ccc(F)c(Br)c1)C(=O)OCC. The number of carbonyl (C=O) groups is 2. The second kappa shape index (κ2) is 7.54. The van der Waals surface area contributed by atoms with E-state index in [9.17, 15) is 14.0 Å². The first-order valence-corrected chi connectivity index (χ1v) is 7.42. The first-order chi connectivity index (χ1) is 9.85. The molecule has 6 heteroatoms. The Kier molecular flexibility index (Phi) is 6.33. The summed E-state index contributed by atoms with van der Waals surface area (Å²) in [7, 11) is 0. The fourth-order valence-electron chi connectivity index (χ4n) is 1.87. The Bertz CT molecular complexity index is 512. The van der Waals surface area contributed by atoms with Crippen molar-refractivity contribution >= 4 is 27.9 Å². The number of hydrogen-bond donors (Lipinski definition) is 0. The Morgan fingerprint density at radius 2 is 1.71 bits per heavy atom. The lowest BCUT2D eigenvalue weighted by atomic mass is 9.83. The van der Waals surface area contributed by atoms with Crippen LogP contribution in [0.2, 0.25) is 0 Å². The summed E-state index contributed by atoms with van der Waals surface area (Å²) >= 11 is 3.08. The van der Waals surface area contributed by atoms with Crippen molar-refractivity contribution in [3.63, 3.8) is 0 Å². The van der Waals surface area contributed by atoms with Crippen LogP contribution in [0.4, 0.5) is 4.39 Å². The molecule has 0 radical (unpaired) electrons. The lowest BCUT2D eigenvalue weighted by Gasteiger charge is -2.25. The van der Waals surface area contributed by atoms with E-state index >= 15 is 0 Å². The smallest absolute Gasteiger partial charge is 0.323 e. The van der Waals surface area contributed by atoms with Gasteiger partial charge in [0.1, 0.15) is 5.82 Å². The second-order valence-corrected chi connectivity index (χ2v) is 5.55. The van der Waals surface area contributed by atoms with Crippen LogP contribution < -0.4 is 0 Å². The summed E-state index contributed by atoms with van der Waals surface area (Å²) in [6.07, 6.45) is 0.0730. The molecule has 0 spiro atoms. The molecule has 0 aliphatic rings. The van der Waals surface area contributed by atoms with Crippen LogP contribution >= 0.6 is 15.9 Å². The van der Waals surface area contributed by atoms with Gasteiger partial charge in [-0.1, -0.05) is 6.07 Å². The molecule has 4 nitrogen and oxygen atoms in total. The molecule has 0 saturated carbocycles. The maximum atomic E-state index is 13.3. The van der Waals surface area contributed by atoms with Gasteiger partial charge in [-0.05, 0) is 60.8 Å². The highest BCUT2D eigenvalue weighted by atomic mass is 79.9. The summed E-state index contributed by atoms with van der Waals surface area (Å²) < 4.78 is 23.5. The largest absolute Gasteiger partial charge is 0.465 e. The molecule has 116 valence electrons. The third-order valence-electron chi connectivity index (χ3n) is 2.99. The average molecular weight is 361 g/mol. The minimum absolute atomic E-state index is 0.0730. The predicted octanol–water partition coefficient (Wildman–Crippen LogP) is 3.26. The standard InChI is InChI=1S/C15H18BrFO4/c1-4-20-13(18)15(3,14(19)21-5-2)9-10-6-7-12(17)11(16)8-10/h6-8H,4-5,9H2,1-3H3. The van der Waals surface area contributed by atoms with Crippen LogP contribution in [0, 0.1) is 11.2 Å². The van der Waals surface area contributed by atoms with Gasteiger partial charge in [-0.3, -0.25) is 9.59 Å². The monoisotopic (exact) mass is 360 g/mol. The topological polar surface area (TPSA) is 52.6 Å². The van der Waals surface area contributed by atoms with Gasteiger partial charge in [-0.25, -0.2) is 4.39 Å². The Hall–Kier alpha value is -1.43. The average Bonchev–Trinajstić information content (AvgIpc) is 2.43. The van der Waals surface area contributed by atoms with Crippen LogP contribution in [-0.4, -0.2) is 25.2 Å². The Morgan fingerprint density at radius 1 is 1.19 bits per heavy atom. The molecular weight excluding hydrogens is 343 g/mol. The van der Waals surface area contributed by atoms with Gasteiger partial charge < -0.3 is 9.47 Å². The number of esters is 2. The second-order valence-electron chi connectivity index (χ2n) is 4.70. The number of hydrogen-bond acceptors (Lipinski definition) is 4. The van der Waals surface area contributed by atoms with Crippen molar-refractivity contribution in [2.45, 2.75) is 27.2 Å². The van der Waals surface area contributed by atoms with E-state index in [1.54, 1.807) is 13.8 Å². The van der Waals surface area contributed by atoms with Crippen molar-refractivity contribution in [2.24, 2.45) is 5.41 Å². The van der Waals surface area contributed by atoms with E-state index in [0.717, 1.165) is 0 Å². The van der Waals surface area contributed by atoms with Gasteiger partial charge in [-0.2, -0.15) is 0 Å². The van der Waals surface area contributed by atoms with Crippen molar-refractivity contribution in [3.8, 4) is 0 Å². The predicted molar refractivity (Wildman–Crippen MR) is 79.2 cm³/mol. The molecule has 0 N–H and O–H groups in total. The number of ether oxygens (including phenoxy) is 2. The molecule has 0 fully saturated rings. The fourth-order valence-corrected chi connectivity index (χ4v) is 2.29. The molecule has 0 heterocycles. The van der Waals surface area contributed by atoms with Crippen LogP contribution in [0.15, 0.2) is 22.7 Å². The minimum atomic E-state index is -1.46. The molecule has 1 aromatic rings. The van der Waals surface area contributed by atoms with Gasteiger partial charge in [0, 0.05) is 0 Å². The summed E-state index contributed by atoms with van der Waals surface area (Å²) in [6.45, 7) is 5.14.